The highest BCUT2D eigenvalue weighted by atomic mass is 32.1. The third-order valence-corrected chi connectivity index (χ3v) is 5.73. The molecule has 4 rings (SSSR count). The number of likely N-dealkylation sites (tertiary alicyclic amines) is 1. The fourth-order valence-corrected chi connectivity index (χ4v) is 3.87. The van der Waals surface area contributed by atoms with Crippen molar-refractivity contribution in [3.05, 3.63) is 84.3 Å². The molecule has 0 radical (unpaired) electrons. The van der Waals surface area contributed by atoms with Crippen molar-refractivity contribution in [2.45, 2.75) is 13.0 Å². The minimum Gasteiger partial charge on any atom is -0.490 e. The Morgan fingerprint density at radius 3 is 2.51 bits per heavy atom. The number of ether oxygens (including phenoxy) is 2. The summed E-state index contributed by atoms with van der Waals surface area (Å²) < 4.78 is 16.6. The van der Waals surface area contributed by atoms with E-state index in [1.807, 2.05) is 30.3 Å². The first-order chi connectivity index (χ1) is 18.0. The molecule has 3 aromatic rings. The standard InChI is InChI=1S/C26H26N4O6S/c31-23-15-18(16-30(23)17-20-9-6-12-34-20)24(32)28-29-26(37)27-25(33)21-10-4-5-11-22(21)36-14-13-35-19-7-2-1-3-8-19/h1-12,18H,13-17H2,(H,28,32)(H2,27,29,33,37). The van der Waals surface area contributed by atoms with Gasteiger partial charge in [-0.15, -0.1) is 0 Å². The molecule has 1 unspecified atom stereocenters. The van der Waals surface area contributed by atoms with Gasteiger partial charge >= 0.3 is 0 Å². The predicted octanol–water partition coefficient (Wildman–Crippen LogP) is 2.42. The lowest BCUT2D eigenvalue weighted by atomic mass is 10.1. The van der Waals surface area contributed by atoms with Gasteiger partial charge in [-0.25, -0.2) is 0 Å². The van der Waals surface area contributed by atoms with Gasteiger partial charge in [0.05, 0.1) is 24.3 Å². The molecule has 1 saturated heterocycles. The quantitative estimate of drug-likeness (QED) is 0.223. The van der Waals surface area contributed by atoms with Gasteiger partial charge in [-0.3, -0.25) is 30.6 Å². The van der Waals surface area contributed by atoms with Crippen LogP contribution in [0, 0.1) is 5.92 Å². The van der Waals surface area contributed by atoms with Crippen LogP contribution < -0.4 is 25.6 Å². The number of benzene rings is 2. The van der Waals surface area contributed by atoms with E-state index in [1.165, 1.54) is 6.26 Å². The van der Waals surface area contributed by atoms with Crippen LogP contribution >= 0.6 is 12.2 Å². The SMILES string of the molecule is O=C(NC(=S)NNC(=O)C1CC(=O)N(Cc2ccco2)C1)c1ccccc1OCCOc1ccccc1. The van der Waals surface area contributed by atoms with E-state index in [9.17, 15) is 14.4 Å². The molecule has 1 aliphatic heterocycles. The van der Waals surface area contributed by atoms with Crippen LogP contribution in [0.3, 0.4) is 0 Å². The molecule has 2 heterocycles. The minimum atomic E-state index is -0.555. The van der Waals surface area contributed by atoms with Gasteiger partial charge < -0.3 is 18.8 Å². The fourth-order valence-electron chi connectivity index (χ4n) is 3.72. The number of carbonyl (C=O) groups is 3. The molecule has 1 fully saturated rings. The van der Waals surface area contributed by atoms with E-state index in [0.29, 0.717) is 24.7 Å². The first-order valence-electron chi connectivity index (χ1n) is 11.6. The molecule has 10 nitrogen and oxygen atoms in total. The van der Waals surface area contributed by atoms with Crippen molar-refractivity contribution in [1.82, 2.24) is 21.1 Å². The summed E-state index contributed by atoms with van der Waals surface area (Å²) in [4.78, 5) is 39.1. The zero-order chi connectivity index (χ0) is 26.0. The lowest BCUT2D eigenvalue weighted by molar-refractivity contribution is -0.129. The molecule has 0 spiro atoms. The second-order valence-electron chi connectivity index (χ2n) is 8.16. The number of rotatable bonds is 9. The van der Waals surface area contributed by atoms with E-state index in [-0.39, 0.29) is 36.2 Å². The zero-order valence-corrected chi connectivity index (χ0v) is 20.7. The summed E-state index contributed by atoms with van der Waals surface area (Å²) in [7, 11) is 0. The van der Waals surface area contributed by atoms with Gasteiger partial charge in [0.2, 0.25) is 11.8 Å². The molecular weight excluding hydrogens is 496 g/mol. The van der Waals surface area contributed by atoms with Gasteiger partial charge in [-0.05, 0) is 48.6 Å². The zero-order valence-electron chi connectivity index (χ0n) is 19.8. The van der Waals surface area contributed by atoms with Gasteiger partial charge in [0, 0.05) is 13.0 Å². The molecule has 3 amide bonds. The molecule has 0 bridgehead atoms. The minimum absolute atomic E-state index is 0.0754. The Kier molecular flexibility index (Phi) is 8.71. The van der Waals surface area contributed by atoms with Gasteiger partial charge in [0.1, 0.15) is 30.5 Å². The Bertz CT molecular complexity index is 1230. The lowest BCUT2D eigenvalue weighted by Crippen LogP contribution is -2.50. The summed E-state index contributed by atoms with van der Waals surface area (Å²) in [5.74, 6) is 0.122. The van der Waals surface area contributed by atoms with E-state index >= 15 is 0 Å². The van der Waals surface area contributed by atoms with Crippen LogP contribution in [0.25, 0.3) is 0 Å². The van der Waals surface area contributed by atoms with Crippen LogP contribution in [-0.4, -0.2) is 47.5 Å². The molecule has 3 N–H and O–H groups in total. The number of hydrogen-bond acceptors (Lipinski definition) is 7. The molecular formula is C26H26N4O6S. The molecule has 1 aliphatic rings. The van der Waals surface area contributed by atoms with Gasteiger partial charge in [0.25, 0.3) is 5.91 Å². The highest BCUT2D eigenvalue weighted by Crippen LogP contribution is 2.21. The average Bonchev–Trinajstić information content (AvgIpc) is 3.56. The number of nitrogens with zero attached hydrogens (tertiary/aromatic N) is 1. The number of hydrogen-bond donors (Lipinski definition) is 3. The Balaban J connectivity index is 1.21. The molecule has 1 aromatic heterocycles. The molecule has 192 valence electrons. The van der Waals surface area contributed by atoms with Crippen LogP contribution in [-0.2, 0) is 16.1 Å². The summed E-state index contributed by atoms with van der Waals surface area (Å²) in [6.45, 7) is 1.09. The van der Waals surface area contributed by atoms with E-state index in [4.69, 9.17) is 26.1 Å². The molecule has 0 aliphatic carbocycles. The average molecular weight is 523 g/mol. The largest absolute Gasteiger partial charge is 0.490 e. The first kappa shape index (κ1) is 25.7. The molecule has 0 saturated carbocycles. The highest BCUT2D eigenvalue weighted by Gasteiger charge is 2.34. The number of nitrogens with one attached hydrogen (secondary N) is 3. The number of para-hydroxylation sites is 2. The monoisotopic (exact) mass is 522 g/mol. The predicted molar refractivity (Wildman–Crippen MR) is 137 cm³/mol. The van der Waals surface area contributed by atoms with Gasteiger partial charge in [0.15, 0.2) is 5.11 Å². The van der Waals surface area contributed by atoms with Crippen LogP contribution in [0.5, 0.6) is 11.5 Å². The second-order valence-corrected chi connectivity index (χ2v) is 8.57. The molecule has 37 heavy (non-hydrogen) atoms. The number of carbonyl (C=O) groups excluding carboxylic acids is 3. The normalized spacial score (nSPS) is 14.6. The van der Waals surface area contributed by atoms with Crippen LogP contribution in [0.4, 0.5) is 0 Å². The summed E-state index contributed by atoms with van der Waals surface area (Å²) in [5, 5.41) is 2.41. The molecule has 11 heteroatoms. The van der Waals surface area contributed by atoms with Crippen molar-refractivity contribution < 1.29 is 28.3 Å². The highest BCUT2D eigenvalue weighted by molar-refractivity contribution is 7.80. The number of furan rings is 1. The van der Waals surface area contributed by atoms with Gasteiger partial charge in [-0.2, -0.15) is 0 Å². The summed E-state index contributed by atoms with van der Waals surface area (Å²) >= 11 is 5.14. The van der Waals surface area contributed by atoms with Crippen molar-refractivity contribution >= 4 is 35.1 Å². The van der Waals surface area contributed by atoms with Crippen molar-refractivity contribution in [3.8, 4) is 11.5 Å². The maximum Gasteiger partial charge on any atom is 0.261 e. The van der Waals surface area contributed by atoms with E-state index in [1.54, 1.807) is 41.3 Å². The molecule has 2 aromatic carbocycles. The smallest absolute Gasteiger partial charge is 0.261 e. The van der Waals surface area contributed by atoms with E-state index < -0.39 is 17.7 Å². The fraction of sp³-hybridized carbons (Fsp3) is 0.231. The lowest BCUT2D eigenvalue weighted by Gasteiger charge is -2.16. The maximum atomic E-state index is 12.7. The van der Waals surface area contributed by atoms with Crippen LogP contribution in [0.2, 0.25) is 0 Å². The summed E-state index contributed by atoms with van der Waals surface area (Å²) in [6, 6.07) is 19.6. The van der Waals surface area contributed by atoms with E-state index in [0.717, 1.165) is 5.75 Å². The Hall–Kier alpha value is -4.38. The topological polar surface area (TPSA) is 122 Å². The van der Waals surface area contributed by atoms with Crippen LogP contribution in [0.15, 0.2) is 77.4 Å². The van der Waals surface area contributed by atoms with Crippen molar-refractivity contribution in [1.29, 1.82) is 0 Å². The number of hydrazine groups is 1. The summed E-state index contributed by atoms with van der Waals surface area (Å²) in [5.41, 5.74) is 5.25. The van der Waals surface area contributed by atoms with Crippen molar-refractivity contribution in [2.24, 2.45) is 5.92 Å². The van der Waals surface area contributed by atoms with Gasteiger partial charge in [-0.1, -0.05) is 30.3 Å². The molecule has 1 atom stereocenters. The number of thiocarbonyl (C=S) groups is 1. The van der Waals surface area contributed by atoms with Crippen molar-refractivity contribution in [3.63, 3.8) is 0 Å². The summed E-state index contributed by atoms with van der Waals surface area (Å²) in [6.07, 6.45) is 1.61. The number of amides is 3. The third-order valence-electron chi connectivity index (χ3n) is 5.52. The maximum absolute atomic E-state index is 12.7. The Morgan fingerprint density at radius 1 is 0.973 bits per heavy atom. The third kappa shape index (κ3) is 7.31. The van der Waals surface area contributed by atoms with Crippen molar-refractivity contribution in [2.75, 3.05) is 19.8 Å². The van der Waals surface area contributed by atoms with E-state index in [2.05, 4.69) is 16.2 Å². The van der Waals surface area contributed by atoms with Crippen LogP contribution in [0.1, 0.15) is 22.5 Å². The Morgan fingerprint density at radius 2 is 1.73 bits per heavy atom. The Labute approximate surface area is 218 Å². The first-order valence-corrected chi connectivity index (χ1v) is 12.0. The second kappa shape index (κ2) is 12.5.